The molecule has 0 bridgehead atoms. The first kappa shape index (κ1) is 15.8. The van der Waals surface area contributed by atoms with Crippen molar-refractivity contribution in [2.75, 3.05) is 12.3 Å². The van der Waals surface area contributed by atoms with Gasteiger partial charge >= 0.3 is 5.97 Å². The Balaban J connectivity index is 2.40. The first-order chi connectivity index (χ1) is 9.31. The van der Waals surface area contributed by atoms with Crippen LogP contribution in [0.3, 0.4) is 0 Å². The molecule has 0 aromatic heterocycles. The van der Waals surface area contributed by atoms with E-state index in [0.29, 0.717) is 30.0 Å². The quantitative estimate of drug-likeness (QED) is 0.507. The zero-order valence-corrected chi connectivity index (χ0v) is 12.1. The van der Waals surface area contributed by atoms with E-state index < -0.39 is 5.60 Å². The number of carbonyl (C=O) groups is 1. The molecule has 0 heterocycles. The number of nitrogens with two attached hydrogens (primary N) is 1. The predicted molar refractivity (Wildman–Crippen MR) is 76.1 cm³/mol. The Morgan fingerprint density at radius 3 is 2.70 bits per heavy atom. The van der Waals surface area contributed by atoms with Gasteiger partial charge in [-0.3, -0.25) is 4.79 Å². The molecule has 0 spiro atoms. The molecule has 20 heavy (non-hydrogen) atoms. The largest absolute Gasteiger partial charge is 0.492 e. The van der Waals surface area contributed by atoms with E-state index in [-0.39, 0.29) is 12.4 Å². The van der Waals surface area contributed by atoms with Crippen molar-refractivity contribution in [2.24, 2.45) is 0 Å². The Morgan fingerprint density at radius 2 is 2.10 bits per heavy atom. The van der Waals surface area contributed by atoms with Crippen LogP contribution in [-0.2, 0) is 9.53 Å². The molecule has 0 saturated carbocycles. The van der Waals surface area contributed by atoms with E-state index in [1.54, 1.807) is 18.2 Å². The standard InChI is InChI=1S/C15H20N2O3/c1-15(2,3)20-14(18)5-4-8-19-13-9-12(17)7-6-11(13)10-16/h6-7,9H,4-5,8,17H2,1-3H3. The molecular weight excluding hydrogens is 256 g/mol. The number of hydrogen-bond acceptors (Lipinski definition) is 5. The van der Waals surface area contributed by atoms with Crippen molar-refractivity contribution >= 4 is 11.7 Å². The number of carbonyl (C=O) groups excluding carboxylic acids is 1. The summed E-state index contributed by atoms with van der Waals surface area (Å²) < 4.78 is 10.7. The van der Waals surface area contributed by atoms with Gasteiger partial charge in [0.2, 0.25) is 0 Å². The van der Waals surface area contributed by atoms with E-state index in [2.05, 4.69) is 0 Å². The summed E-state index contributed by atoms with van der Waals surface area (Å²) in [5.41, 5.74) is 6.13. The fourth-order valence-corrected chi connectivity index (χ4v) is 1.54. The normalized spacial score (nSPS) is 10.7. The van der Waals surface area contributed by atoms with Crippen molar-refractivity contribution in [1.29, 1.82) is 5.26 Å². The number of nitriles is 1. The zero-order valence-electron chi connectivity index (χ0n) is 12.1. The average molecular weight is 276 g/mol. The molecule has 2 N–H and O–H groups in total. The minimum atomic E-state index is -0.472. The van der Waals surface area contributed by atoms with Crippen molar-refractivity contribution in [3.8, 4) is 11.8 Å². The van der Waals surface area contributed by atoms with Gasteiger partial charge in [-0.1, -0.05) is 0 Å². The highest BCUT2D eigenvalue weighted by Crippen LogP contribution is 2.21. The van der Waals surface area contributed by atoms with Crippen molar-refractivity contribution in [3.63, 3.8) is 0 Å². The van der Waals surface area contributed by atoms with E-state index >= 15 is 0 Å². The van der Waals surface area contributed by atoms with Crippen LogP contribution < -0.4 is 10.5 Å². The van der Waals surface area contributed by atoms with Gasteiger partial charge in [0.25, 0.3) is 0 Å². The molecule has 0 saturated heterocycles. The summed E-state index contributed by atoms with van der Waals surface area (Å²) in [5, 5.41) is 8.94. The van der Waals surface area contributed by atoms with E-state index in [4.69, 9.17) is 20.5 Å². The number of nitrogens with zero attached hydrogens (tertiary/aromatic N) is 1. The minimum Gasteiger partial charge on any atom is -0.492 e. The highest BCUT2D eigenvalue weighted by atomic mass is 16.6. The summed E-state index contributed by atoms with van der Waals surface area (Å²) >= 11 is 0. The van der Waals surface area contributed by atoms with Crippen LogP contribution in [0.1, 0.15) is 39.2 Å². The third-order valence-electron chi connectivity index (χ3n) is 2.33. The Bertz CT molecular complexity index is 513. The highest BCUT2D eigenvalue weighted by Gasteiger charge is 2.15. The van der Waals surface area contributed by atoms with Crippen molar-refractivity contribution in [2.45, 2.75) is 39.2 Å². The van der Waals surface area contributed by atoms with Gasteiger partial charge in [-0.25, -0.2) is 0 Å². The molecule has 0 unspecified atom stereocenters. The maximum atomic E-state index is 11.5. The lowest BCUT2D eigenvalue weighted by Gasteiger charge is -2.19. The highest BCUT2D eigenvalue weighted by molar-refractivity contribution is 5.69. The van der Waals surface area contributed by atoms with Crippen LogP contribution in [0.4, 0.5) is 5.69 Å². The van der Waals surface area contributed by atoms with Gasteiger partial charge in [-0.15, -0.1) is 0 Å². The molecule has 0 aliphatic carbocycles. The average Bonchev–Trinajstić information content (AvgIpc) is 2.33. The summed E-state index contributed by atoms with van der Waals surface area (Å²) in [5.74, 6) is 0.186. The lowest BCUT2D eigenvalue weighted by atomic mass is 10.2. The number of anilines is 1. The molecule has 0 aliphatic rings. The molecule has 0 fully saturated rings. The van der Waals surface area contributed by atoms with Crippen LogP contribution in [0.25, 0.3) is 0 Å². The monoisotopic (exact) mass is 276 g/mol. The molecule has 1 rings (SSSR count). The summed E-state index contributed by atoms with van der Waals surface area (Å²) in [6.45, 7) is 5.81. The van der Waals surface area contributed by atoms with Gasteiger partial charge in [0.15, 0.2) is 0 Å². The smallest absolute Gasteiger partial charge is 0.306 e. The maximum absolute atomic E-state index is 11.5. The molecule has 0 radical (unpaired) electrons. The van der Waals surface area contributed by atoms with Crippen LogP contribution in [0, 0.1) is 11.3 Å². The molecule has 108 valence electrons. The topological polar surface area (TPSA) is 85.3 Å². The van der Waals surface area contributed by atoms with Crippen molar-refractivity contribution in [3.05, 3.63) is 23.8 Å². The Labute approximate surface area is 119 Å². The van der Waals surface area contributed by atoms with Gasteiger partial charge < -0.3 is 15.2 Å². The second kappa shape index (κ2) is 6.80. The molecule has 5 nitrogen and oxygen atoms in total. The van der Waals surface area contributed by atoms with E-state index in [1.807, 2.05) is 26.8 Å². The van der Waals surface area contributed by atoms with Gasteiger partial charge in [-0.05, 0) is 39.3 Å². The summed E-state index contributed by atoms with van der Waals surface area (Å²) in [7, 11) is 0. The number of nitrogen functional groups attached to an aromatic ring is 1. The Morgan fingerprint density at radius 1 is 1.40 bits per heavy atom. The van der Waals surface area contributed by atoms with Gasteiger partial charge in [-0.2, -0.15) is 5.26 Å². The second-order valence-corrected chi connectivity index (χ2v) is 5.41. The predicted octanol–water partition coefficient (Wildman–Crippen LogP) is 2.64. The first-order valence-electron chi connectivity index (χ1n) is 6.46. The summed E-state index contributed by atoms with van der Waals surface area (Å²) in [4.78, 5) is 11.5. The number of benzene rings is 1. The molecule has 0 aliphatic heterocycles. The lowest BCUT2D eigenvalue weighted by Crippen LogP contribution is -2.24. The fraction of sp³-hybridized carbons (Fsp3) is 0.467. The van der Waals surface area contributed by atoms with Crippen LogP contribution in [-0.4, -0.2) is 18.2 Å². The van der Waals surface area contributed by atoms with Crippen LogP contribution in [0.15, 0.2) is 18.2 Å². The van der Waals surface area contributed by atoms with E-state index in [0.717, 1.165) is 0 Å². The molecule has 1 aromatic carbocycles. The number of esters is 1. The zero-order chi connectivity index (χ0) is 15.2. The number of rotatable bonds is 5. The lowest BCUT2D eigenvalue weighted by molar-refractivity contribution is -0.155. The molecule has 0 atom stereocenters. The first-order valence-corrected chi connectivity index (χ1v) is 6.46. The minimum absolute atomic E-state index is 0.255. The molecule has 1 aromatic rings. The summed E-state index contributed by atoms with van der Waals surface area (Å²) in [6.07, 6.45) is 0.802. The third-order valence-corrected chi connectivity index (χ3v) is 2.33. The number of ether oxygens (including phenoxy) is 2. The second-order valence-electron chi connectivity index (χ2n) is 5.41. The van der Waals surface area contributed by atoms with Crippen LogP contribution in [0.2, 0.25) is 0 Å². The Kier molecular flexibility index (Phi) is 5.39. The van der Waals surface area contributed by atoms with Crippen molar-refractivity contribution < 1.29 is 14.3 Å². The Hall–Kier alpha value is -2.22. The van der Waals surface area contributed by atoms with Crippen LogP contribution in [0.5, 0.6) is 5.75 Å². The SMILES string of the molecule is CC(C)(C)OC(=O)CCCOc1cc(N)ccc1C#N. The molecule has 5 heteroatoms. The summed E-state index contributed by atoms with van der Waals surface area (Å²) in [6, 6.07) is 6.89. The maximum Gasteiger partial charge on any atom is 0.306 e. The van der Waals surface area contributed by atoms with Crippen LogP contribution >= 0.6 is 0 Å². The van der Waals surface area contributed by atoms with Gasteiger partial charge in [0.1, 0.15) is 17.4 Å². The van der Waals surface area contributed by atoms with E-state index in [1.165, 1.54) is 0 Å². The van der Waals surface area contributed by atoms with Gasteiger partial charge in [0.05, 0.1) is 12.2 Å². The molecular formula is C15H20N2O3. The third kappa shape index (κ3) is 5.61. The van der Waals surface area contributed by atoms with Gasteiger partial charge in [0, 0.05) is 18.2 Å². The number of hydrogen-bond donors (Lipinski definition) is 1. The van der Waals surface area contributed by atoms with E-state index in [9.17, 15) is 4.79 Å². The molecule has 0 amide bonds. The van der Waals surface area contributed by atoms with Crippen molar-refractivity contribution in [1.82, 2.24) is 0 Å². The fourth-order valence-electron chi connectivity index (χ4n) is 1.54.